The lowest BCUT2D eigenvalue weighted by molar-refractivity contribution is -0.244. The van der Waals surface area contributed by atoms with Gasteiger partial charge in [-0.3, -0.25) is 19.2 Å². The van der Waals surface area contributed by atoms with Gasteiger partial charge in [-0.2, -0.15) is 0 Å². The molecule has 1 aromatic carbocycles. The zero-order valence-electron chi connectivity index (χ0n) is 35.9. The van der Waals surface area contributed by atoms with E-state index >= 15 is 4.79 Å². The van der Waals surface area contributed by atoms with E-state index in [0.717, 1.165) is 62.5 Å². The highest BCUT2D eigenvalue weighted by Gasteiger charge is 2.71. The highest BCUT2D eigenvalue weighted by molar-refractivity contribution is 5.89. The first kappa shape index (κ1) is 41.3. The summed E-state index contributed by atoms with van der Waals surface area (Å²) in [5, 5.41) is 3.07. The zero-order valence-corrected chi connectivity index (χ0v) is 35.9. The molecule has 0 radical (unpaired) electrons. The predicted octanol–water partition coefficient (Wildman–Crippen LogP) is 9.20. The first-order valence-electron chi connectivity index (χ1n) is 21.4. The number of ether oxygens (including phenoxy) is 2. The Bertz CT molecular complexity index is 1880. The van der Waals surface area contributed by atoms with Gasteiger partial charge in [0.2, 0.25) is 11.8 Å². The average molecular weight is 783 g/mol. The minimum absolute atomic E-state index is 0.0157. The molecule has 0 spiro atoms. The lowest BCUT2D eigenvalue weighted by Gasteiger charge is -2.71. The summed E-state index contributed by atoms with van der Waals surface area (Å²) < 4.78 is 17.5. The fraction of sp³-hybridized carbons (Fsp3) is 0.667. The normalized spacial score (nSPS) is 36.2. The van der Waals surface area contributed by atoms with Crippen molar-refractivity contribution in [3.63, 3.8) is 0 Å². The second kappa shape index (κ2) is 14.7. The number of nitrogens with one attached hydrogen (secondary N) is 1. The van der Waals surface area contributed by atoms with Crippen LogP contribution in [0.5, 0.6) is 0 Å². The van der Waals surface area contributed by atoms with Crippen LogP contribution in [0, 0.1) is 50.2 Å². The molecule has 5 aliphatic carbocycles. The van der Waals surface area contributed by atoms with Crippen molar-refractivity contribution in [1.29, 1.82) is 0 Å². The van der Waals surface area contributed by atoms with E-state index in [-0.39, 0.29) is 63.8 Å². The fourth-order valence-corrected chi connectivity index (χ4v) is 13.6. The maximum atomic E-state index is 15.5. The Balaban J connectivity index is 1.23. The summed E-state index contributed by atoms with van der Waals surface area (Å²) in [7, 11) is 0. The monoisotopic (exact) mass is 782 g/mol. The molecule has 0 aliphatic heterocycles. The third-order valence-corrected chi connectivity index (χ3v) is 16.5. The molecule has 5 aliphatic rings. The largest absolute Gasteiger partial charge is 0.472 e. The lowest BCUT2D eigenvalue weighted by atomic mass is 9.33. The SMILES string of the molecule is CC(=O)O[C@@H]1C[C@]2(C)[C@H]3CC=C4[C@@H]5CC(C)(C)CC[C@]5(C(=O)N(CC(=O)NCc5ccccc5)Cc5ccoc5)CC[C@@]4(C)[C@]3(C)CC[C@H]2C(C)(C)[C@H]1OC(C)=O. The van der Waals surface area contributed by atoms with E-state index in [2.05, 4.69) is 59.9 Å². The molecule has 0 bridgehead atoms. The van der Waals surface area contributed by atoms with Gasteiger partial charge in [-0.05, 0) is 109 Å². The Morgan fingerprint density at radius 1 is 0.825 bits per heavy atom. The molecule has 310 valence electrons. The van der Waals surface area contributed by atoms with Crippen molar-refractivity contribution in [2.75, 3.05) is 6.54 Å². The maximum absolute atomic E-state index is 15.5. The Morgan fingerprint density at radius 2 is 1.53 bits per heavy atom. The van der Waals surface area contributed by atoms with Crippen molar-refractivity contribution in [2.24, 2.45) is 50.2 Å². The van der Waals surface area contributed by atoms with Gasteiger partial charge < -0.3 is 24.1 Å². The van der Waals surface area contributed by atoms with Gasteiger partial charge in [0.05, 0.1) is 24.5 Å². The summed E-state index contributed by atoms with van der Waals surface area (Å²) in [5.74, 6) is -0.163. The summed E-state index contributed by atoms with van der Waals surface area (Å²) in [6.07, 6.45) is 12.7. The van der Waals surface area contributed by atoms with Crippen LogP contribution in [0.15, 0.2) is 65.0 Å². The number of carbonyl (C=O) groups excluding carboxylic acids is 4. The molecule has 7 rings (SSSR count). The summed E-state index contributed by atoms with van der Waals surface area (Å²) in [5.41, 5.74) is 1.98. The quantitative estimate of drug-likeness (QED) is 0.199. The third kappa shape index (κ3) is 7.07. The highest BCUT2D eigenvalue weighted by atomic mass is 16.6. The second-order valence-electron chi connectivity index (χ2n) is 20.6. The number of carbonyl (C=O) groups is 4. The molecule has 1 aromatic heterocycles. The molecule has 2 aromatic rings. The van der Waals surface area contributed by atoms with Crippen LogP contribution >= 0.6 is 0 Å². The molecule has 4 saturated carbocycles. The van der Waals surface area contributed by atoms with Crippen LogP contribution in [-0.2, 0) is 41.7 Å². The first-order valence-corrected chi connectivity index (χ1v) is 21.4. The standard InChI is InChI=1S/C48H66N2O7/c1-31(51)56-37-26-45(7)38(44(5,6)41(37)57-32(2)52)17-19-47(9)39(45)16-15-35-36-25-43(3,4)20-22-48(36,23-21-46(35,47)8)42(54)50(28-34-18-24-55-30-34)29-40(53)49-27-33-13-11-10-12-14-33/h10-15,18,24,30,36-39,41H,16-17,19-23,25-29H2,1-9H3,(H,49,53)/t36-,37+,38-,39+,41-,45-,46+,47+,48-/m0/s1. The number of amides is 2. The molecule has 4 fully saturated rings. The fourth-order valence-electron chi connectivity index (χ4n) is 13.6. The maximum Gasteiger partial charge on any atom is 0.303 e. The van der Waals surface area contributed by atoms with Crippen molar-refractivity contribution >= 4 is 23.8 Å². The van der Waals surface area contributed by atoms with Crippen LogP contribution in [0.2, 0.25) is 0 Å². The van der Waals surface area contributed by atoms with Gasteiger partial charge in [0.25, 0.3) is 0 Å². The molecule has 2 amide bonds. The van der Waals surface area contributed by atoms with Crippen LogP contribution < -0.4 is 5.32 Å². The average Bonchev–Trinajstić information content (AvgIpc) is 3.65. The van der Waals surface area contributed by atoms with E-state index in [0.29, 0.717) is 25.4 Å². The molecular weight excluding hydrogens is 717 g/mol. The number of rotatable bonds is 9. The molecule has 9 nitrogen and oxygen atoms in total. The highest BCUT2D eigenvalue weighted by Crippen LogP contribution is 2.76. The first-order chi connectivity index (χ1) is 26.8. The molecule has 0 saturated heterocycles. The minimum Gasteiger partial charge on any atom is -0.472 e. The number of fused-ring (bicyclic) bond motifs is 7. The Morgan fingerprint density at radius 3 is 2.19 bits per heavy atom. The second-order valence-corrected chi connectivity index (χ2v) is 20.6. The number of furan rings is 1. The Kier molecular flexibility index (Phi) is 10.7. The smallest absolute Gasteiger partial charge is 0.303 e. The topological polar surface area (TPSA) is 115 Å². The Labute approximate surface area is 340 Å². The van der Waals surface area contributed by atoms with Crippen molar-refractivity contribution < 1.29 is 33.1 Å². The number of hydrogen-bond donors (Lipinski definition) is 1. The van der Waals surface area contributed by atoms with Crippen LogP contribution in [-0.4, -0.2) is 47.4 Å². The van der Waals surface area contributed by atoms with E-state index in [9.17, 15) is 14.4 Å². The van der Waals surface area contributed by atoms with Gasteiger partial charge in [-0.25, -0.2) is 0 Å². The number of esters is 2. The van der Waals surface area contributed by atoms with Gasteiger partial charge >= 0.3 is 11.9 Å². The third-order valence-electron chi connectivity index (χ3n) is 16.5. The van der Waals surface area contributed by atoms with E-state index in [4.69, 9.17) is 13.9 Å². The zero-order chi connectivity index (χ0) is 41.2. The van der Waals surface area contributed by atoms with Crippen LogP contribution in [0.4, 0.5) is 0 Å². The number of hydrogen-bond acceptors (Lipinski definition) is 7. The minimum atomic E-state index is -0.612. The molecular formula is C48H66N2O7. The van der Waals surface area contributed by atoms with Crippen LogP contribution in [0.1, 0.15) is 131 Å². The van der Waals surface area contributed by atoms with Crippen LogP contribution in [0.25, 0.3) is 0 Å². The van der Waals surface area contributed by atoms with Gasteiger partial charge in [-0.15, -0.1) is 0 Å². The molecule has 1 heterocycles. The van der Waals surface area contributed by atoms with Gasteiger partial charge in [0.1, 0.15) is 12.2 Å². The summed E-state index contributed by atoms with van der Waals surface area (Å²) >= 11 is 0. The molecule has 9 heteroatoms. The van der Waals surface area contributed by atoms with Crippen molar-refractivity contribution in [2.45, 2.75) is 145 Å². The van der Waals surface area contributed by atoms with E-state index < -0.39 is 23.0 Å². The van der Waals surface area contributed by atoms with Crippen molar-refractivity contribution in [3.05, 3.63) is 71.7 Å². The number of allylic oxidation sites excluding steroid dienone is 2. The van der Waals surface area contributed by atoms with Gasteiger partial charge in [0, 0.05) is 37.9 Å². The lowest BCUT2D eigenvalue weighted by Crippen LogP contribution is -2.68. The number of nitrogens with zero attached hydrogens (tertiary/aromatic N) is 1. The molecule has 57 heavy (non-hydrogen) atoms. The molecule has 0 unspecified atom stereocenters. The van der Waals surface area contributed by atoms with E-state index in [1.54, 1.807) is 17.4 Å². The predicted molar refractivity (Wildman–Crippen MR) is 218 cm³/mol. The molecule has 9 atom stereocenters. The summed E-state index contributed by atoms with van der Waals surface area (Å²) in [4.78, 5) is 55.9. The number of benzene rings is 1. The Hall–Kier alpha value is -3.88. The van der Waals surface area contributed by atoms with E-state index in [1.807, 2.05) is 36.4 Å². The van der Waals surface area contributed by atoms with Gasteiger partial charge in [-0.1, -0.05) is 90.4 Å². The molecule has 1 N–H and O–H groups in total. The van der Waals surface area contributed by atoms with Gasteiger partial charge in [0.15, 0.2) is 0 Å². The van der Waals surface area contributed by atoms with Crippen LogP contribution in [0.3, 0.4) is 0 Å². The van der Waals surface area contributed by atoms with Crippen molar-refractivity contribution in [3.8, 4) is 0 Å². The van der Waals surface area contributed by atoms with E-state index in [1.165, 1.54) is 19.4 Å². The summed E-state index contributed by atoms with van der Waals surface area (Å²) in [6.45, 7) is 20.1. The van der Waals surface area contributed by atoms with Crippen molar-refractivity contribution in [1.82, 2.24) is 10.2 Å². The summed E-state index contributed by atoms with van der Waals surface area (Å²) in [6, 6.07) is 11.7.